The summed E-state index contributed by atoms with van der Waals surface area (Å²) >= 11 is 0. The first-order valence-electron chi connectivity index (χ1n) is 10.1. The van der Waals surface area contributed by atoms with Gasteiger partial charge in [-0.3, -0.25) is 14.5 Å². The van der Waals surface area contributed by atoms with E-state index in [1.54, 1.807) is 0 Å². The number of likely N-dealkylation sites (tertiary alicyclic amines) is 1. The monoisotopic (exact) mass is 382 g/mol. The Kier molecular flexibility index (Phi) is 6.04. The Labute approximate surface area is 167 Å². The Morgan fingerprint density at radius 2 is 1.89 bits per heavy atom. The van der Waals surface area contributed by atoms with Crippen molar-refractivity contribution in [1.29, 1.82) is 5.26 Å². The third-order valence-electron chi connectivity index (χ3n) is 6.68. The van der Waals surface area contributed by atoms with Crippen LogP contribution in [-0.2, 0) is 15.1 Å². The number of hydrogen-bond donors (Lipinski definition) is 1. The number of carbonyl (C=O) groups is 2. The molecule has 0 bridgehead atoms. The molecule has 0 unspecified atom stereocenters. The highest BCUT2D eigenvalue weighted by Crippen LogP contribution is 2.52. The average molecular weight is 383 g/mol. The molecule has 2 aliphatic rings. The number of rotatable bonds is 6. The first-order chi connectivity index (χ1) is 13.4. The molecule has 1 aromatic carbocycles. The Balaban J connectivity index is 1.63. The summed E-state index contributed by atoms with van der Waals surface area (Å²) in [6.07, 6.45) is 4.95. The summed E-state index contributed by atoms with van der Waals surface area (Å²) in [6.45, 7) is 1.20. The number of benzene rings is 1. The van der Waals surface area contributed by atoms with Gasteiger partial charge < -0.3 is 10.2 Å². The predicted octanol–water partition coefficient (Wildman–Crippen LogP) is 2.27. The SMILES string of the molecule is CN(C)C1(c2ccccc2)CCC2(CC1)CC(=O)N(CCC(=O)NCC#N)C2. The minimum absolute atomic E-state index is 0.0167. The lowest BCUT2D eigenvalue weighted by Crippen LogP contribution is -2.47. The largest absolute Gasteiger partial charge is 0.343 e. The molecular formula is C22H30N4O2. The van der Waals surface area contributed by atoms with Gasteiger partial charge in [0, 0.05) is 31.5 Å². The minimum atomic E-state index is -0.172. The minimum Gasteiger partial charge on any atom is -0.343 e. The molecule has 1 aromatic rings. The summed E-state index contributed by atoms with van der Waals surface area (Å²) in [5, 5.41) is 11.1. The number of nitrogens with zero attached hydrogens (tertiary/aromatic N) is 3. The molecule has 2 amide bonds. The zero-order valence-electron chi connectivity index (χ0n) is 16.9. The second-order valence-corrected chi connectivity index (χ2v) is 8.47. The van der Waals surface area contributed by atoms with Crippen molar-refractivity contribution in [1.82, 2.24) is 15.1 Å². The van der Waals surface area contributed by atoms with Gasteiger partial charge >= 0.3 is 0 Å². The van der Waals surface area contributed by atoms with Crippen LogP contribution in [0.3, 0.4) is 0 Å². The van der Waals surface area contributed by atoms with Crippen LogP contribution in [0.2, 0.25) is 0 Å². The molecule has 0 aromatic heterocycles. The van der Waals surface area contributed by atoms with Crippen LogP contribution >= 0.6 is 0 Å². The lowest BCUT2D eigenvalue weighted by Gasteiger charge is -2.48. The van der Waals surface area contributed by atoms with Gasteiger partial charge in [-0.2, -0.15) is 5.26 Å². The highest BCUT2D eigenvalue weighted by molar-refractivity contribution is 5.81. The maximum Gasteiger partial charge on any atom is 0.223 e. The van der Waals surface area contributed by atoms with Crippen molar-refractivity contribution in [2.75, 3.05) is 33.7 Å². The van der Waals surface area contributed by atoms with Gasteiger partial charge in [-0.15, -0.1) is 0 Å². The molecule has 1 saturated carbocycles. The average Bonchev–Trinajstić information content (AvgIpc) is 3.01. The van der Waals surface area contributed by atoms with Crippen LogP contribution in [0.5, 0.6) is 0 Å². The molecule has 1 saturated heterocycles. The number of hydrogen-bond acceptors (Lipinski definition) is 4. The fraction of sp³-hybridized carbons (Fsp3) is 0.591. The number of nitriles is 1. The van der Waals surface area contributed by atoms with Gasteiger partial charge in [0.05, 0.1) is 6.07 Å². The third-order valence-corrected chi connectivity index (χ3v) is 6.68. The van der Waals surface area contributed by atoms with E-state index in [0.717, 1.165) is 32.2 Å². The highest BCUT2D eigenvalue weighted by atomic mass is 16.2. The smallest absolute Gasteiger partial charge is 0.223 e. The second-order valence-electron chi connectivity index (χ2n) is 8.47. The zero-order valence-corrected chi connectivity index (χ0v) is 16.9. The van der Waals surface area contributed by atoms with E-state index in [0.29, 0.717) is 13.0 Å². The summed E-state index contributed by atoms with van der Waals surface area (Å²) in [5.74, 6) is -0.0141. The third kappa shape index (κ3) is 4.05. The van der Waals surface area contributed by atoms with Crippen molar-refractivity contribution in [2.24, 2.45) is 5.41 Å². The zero-order chi connectivity index (χ0) is 20.2. The van der Waals surface area contributed by atoms with Crippen LogP contribution in [-0.4, -0.2) is 55.3 Å². The molecule has 150 valence electrons. The Bertz CT molecular complexity index is 746. The van der Waals surface area contributed by atoms with E-state index >= 15 is 0 Å². The van der Waals surface area contributed by atoms with Gasteiger partial charge in [-0.1, -0.05) is 30.3 Å². The summed E-state index contributed by atoms with van der Waals surface area (Å²) in [4.78, 5) is 28.5. The van der Waals surface area contributed by atoms with Gasteiger partial charge in [-0.05, 0) is 50.8 Å². The normalized spacial score (nSPS) is 27.2. The maximum absolute atomic E-state index is 12.6. The molecule has 1 spiro atoms. The lowest BCUT2D eigenvalue weighted by atomic mass is 9.64. The number of carbonyl (C=O) groups excluding carboxylic acids is 2. The van der Waals surface area contributed by atoms with Crippen LogP contribution < -0.4 is 5.32 Å². The van der Waals surface area contributed by atoms with E-state index in [-0.39, 0.29) is 35.7 Å². The van der Waals surface area contributed by atoms with Crippen molar-refractivity contribution in [3.8, 4) is 6.07 Å². The summed E-state index contributed by atoms with van der Waals surface area (Å²) in [7, 11) is 4.30. The number of amides is 2. The molecule has 1 aliphatic carbocycles. The van der Waals surface area contributed by atoms with E-state index in [9.17, 15) is 9.59 Å². The van der Waals surface area contributed by atoms with Crippen LogP contribution in [0.25, 0.3) is 0 Å². The molecule has 3 rings (SSSR count). The van der Waals surface area contributed by atoms with Crippen molar-refractivity contribution >= 4 is 11.8 Å². The summed E-state index contributed by atoms with van der Waals surface area (Å²) < 4.78 is 0. The first-order valence-corrected chi connectivity index (χ1v) is 10.1. The summed E-state index contributed by atoms with van der Waals surface area (Å²) in [6, 6.07) is 12.6. The summed E-state index contributed by atoms with van der Waals surface area (Å²) in [5.41, 5.74) is 1.42. The topological polar surface area (TPSA) is 76.4 Å². The van der Waals surface area contributed by atoms with Crippen LogP contribution in [0.15, 0.2) is 30.3 Å². The van der Waals surface area contributed by atoms with Gasteiger partial charge in [-0.25, -0.2) is 0 Å². The lowest BCUT2D eigenvalue weighted by molar-refractivity contribution is -0.128. The molecule has 1 heterocycles. The fourth-order valence-corrected chi connectivity index (χ4v) is 4.92. The molecule has 2 fully saturated rings. The molecule has 0 atom stereocenters. The Morgan fingerprint density at radius 3 is 2.50 bits per heavy atom. The first kappa shape index (κ1) is 20.3. The van der Waals surface area contributed by atoms with E-state index in [1.807, 2.05) is 11.0 Å². The van der Waals surface area contributed by atoms with Gasteiger partial charge in [0.2, 0.25) is 11.8 Å². The Hall–Kier alpha value is -2.39. The van der Waals surface area contributed by atoms with E-state index in [4.69, 9.17) is 5.26 Å². The second kappa shape index (κ2) is 8.32. The molecule has 28 heavy (non-hydrogen) atoms. The van der Waals surface area contributed by atoms with Crippen LogP contribution in [0.1, 0.15) is 44.1 Å². The van der Waals surface area contributed by atoms with E-state index in [1.165, 1.54) is 5.56 Å². The van der Waals surface area contributed by atoms with E-state index < -0.39 is 0 Å². The van der Waals surface area contributed by atoms with Crippen molar-refractivity contribution in [3.05, 3.63) is 35.9 Å². The molecular weight excluding hydrogens is 352 g/mol. The number of nitrogens with one attached hydrogen (secondary N) is 1. The standard InChI is InChI=1S/C22H30N4O2/c1-25(2)22(18-6-4-3-5-7-18)11-9-21(10-12-22)16-20(28)26(17-21)15-8-19(27)24-14-13-23/h3-7H,8-12,14-17H2,1-2H3,(H,24,27). The van der Waals surface area contributed by atoms with Gasteiger partial charge in [0.1, 0.15) is 6.54 Å². The fourth-order valence-electron chi connectivity index (χ4n) is 4.92. The molecule has 6 nitrogen and oxygen atoms in total. The predicted molar refractivity (Wildman–Crippen MR) is 107 cm³/mol. The molecule has 1 aliphatic heterocycles. The van der Waals surface area contributed by atoms with Crippen molar-refractivity contribution < 1.29 is 9.59 Å². The van der Waals surface area contributed by atoms with Crippen LogP contribution in [0, 0.1) is 16.7 Å². The Morgan fingerprint density at radius 1 is 1.21 bits per heavy atom. The van der Waals surface area contributed by atoms with Crippen LogP contribution in [0.4, 0.5) is 0 Å². The van der Waals surface area contributed by atoms with E-state index in [2.05, 4.69) is 54.6 Å². The molecule has 0 radical (unpaired) electrons. The highest BCUT2D eigenvalue weighted by Gasteiger charge is 2.50. The maximum atomic E-state index is 12.6. The quantitative estimate of drug-likeness (QED) is 0.766. The van der Waals surface area contributed by atoms with Gasteiger partial charge in [0.25, 0.3) is 0 Å². The molecule has 1 N–H and O–H groups in total. The van der Waals surface area contributed by atoms with Crippen molar-refractivity contribution in [3.63, 3.8) is 0 Å². The van der Waals surface area contributed by atoms with Gasteiger partial charge in [0.15, 0.2) is 0 Å². The van der Waals surface area contributed by atoms with Crippen molar-refractivity contribution in [2.45, 2.75) is 44.1 Å². The molecule has 6 heteroatoms.